The molecule has 0 aliphatic heterocycles. The number of thiophene rings is 1. The van der Waals surface area contributed by atoms with Gasteiger partial charge in [0.15, 0.2) is 0 Å². The highest BCUT2D eigenvalue weighted by Crippen LogP contribution is 2.26. The molecule has 1 aromatic heterocycles. The molecule has 0 saturated heterocycles. The first-order valence-electron chi connectivity index (χ1n) is 6.21. The number of halogens is 1. The topological polar surface area (TPSA) is 75.6 Å². The summed E-state index contributed by atoms with van der Waals surface area (Å²) in [6.07, 6.45) is -0.771. The third kappa shape index (κ3) is 3.99. The average Bonchev–Trinajstić information content (AvgIpc) is 2.85. The largest absolute Gasteiger partial charge is 0.481 e. The van der Waals surface area contributed by atoms with Gasteiger partial charge in [0, 0.05) is 18.4 Å². The minimum absolute atomic E-state index is 0.101. The fourth-order valence-electron chi connectivity index (χ4n) is 1.84. The average molecular weight is 311 g/mol. The molecule has 0 aliphatic rings. The Morgan fingerprint density at radius 2 is 2.19 bits per heavy atom. The summed E-state index contributed by atoms with van der Waals surface area (Å²) >= 11 is 1.18. The van der Waals surface area contributed by atoms with E-state index in [0.717, 1.165) is 5.39 Å². The summed E-state index contributed by atoms with van der Waals surface area (Å²) in [6, 6.07) is 6.00. The zero-order valence-electron chi connectivity index (χ0n) is 11.3. The second-order valence-electron chi connectivity index (χ2n) is 4.46. The normalized spacial score (nSPS) is 12.3. The van der Waals surface area contributed by atoms with Gasteiger partial charge in [0.05, 0.1) is 17.4 Å². The van der Waals surface area contributed by atoms with Crippen molar-refractivity contribution < 1.29 is 23.8 Å². The third-order valence-electron chi connectivity index (χ3n) is 2.93. The summed E-state index contributed by atoms with van der Waals surface area (Å²) in [5.41, 5.74) is 0. The predicted octanol–water partition coefficient (Wildman–Crippen LogP) is 2.26. The fraction of sp³-hybridized carbons (Fsp3) is 0.286. The molecule has 2 aromatic rings. The van der Waals surface area contributed by atoms with Gasteiger partial charge in [-0.2, -0.15) is 0 Å². The molecule has 0 bridgehead atoms. The van der Waals surface area contributed by atoms with Crippen molar-refractivity contribution in [2.75, 3.05) is 13.7 Å². The van der Waals surface area contributed by atoms with Gasteiger partial charge >= 0.3 is 5.97 Å². The van der Waals surface area contributed by atoms with Crippen molar-refractivity contribution in [3.63, 3.8) is 0 Å². The Morgan fingerprint density at radius 1 is 1.43 bits per heavy atom. The van der Waals surface area contributed by atoms with Crippen LogP contribution in [0.2, 0.25) is 0 Å². The first kappa shape index (κ1) is 15.4. The summed E-state index contributed by atoms with van der Waals surface area (Å²) in [5.74, 6) is -1.67. The molecule has 1 amide bonds. The highest BCUT2D eigenvalue weighted by atomic mass is 32.1. The molecule has 0 aliphatic carbocycles. The first-order valence-corrected chi connectivity index (χ1v) is 7.03. The zero-order chi connectivity index (χ0) is 15.4. The van der Waals surface area contributed by atoms with E-state index in [4.69, 9.17) is 9.84 Å². The van der Waals surface area contributed by atoms with Gasteiger partial charge in [-0.1, -0.05) is 6.07 Å². The van der Waals surface area contributed by atoms with Crippen molar-refractivity contribution in [1.82, 2.24) is 5.32 Å². The Morgan fingerprint density at radius 3 is 2.86 bits per heavy atom. The molecule has 2 N–H and O–H groups in total. The molecule has 1 unspecified atom stereocenters. The van der Waals surface area contributed by atoms with E-state index < -0.39 is 12.1 Å². The highest BCUT2D eigenvalue weighted by Gasteiger charge is 2.15. The lowest BCUT2D eigenvalue weighted by Crippen LogP contribution is -2.34. The second kappa shape index (κ2) is 6.64. The molecule has 1 aromatic carbocycles. The van der Waals surface area contributed by atoms with Gasteiger partial charge in [-0.25, -0.2) is 4.39 Å². The molecule has 0 spiro atoms. The van der Waals surface area contributed by atoms with Crippen LogP contribution in [0.25, 0.3) is 10.1 Å². The number of nitrogens with one attached hydrogen (secondary N) is 1. The molecule has 1 heterocycles. The van der Waals surface area contributed by atoms with Crippen molar-refractivity contribution in [1.29, 1.82) is 0 Å². The van der Waals surface area contributed by atoms with Gasteiger partial charge in [0.2, 0.25) is 0 Å². The molecule has 5 nitrogen and oxygen atoms in total. The lowest BCUT2D eigenvalue weighted by molar-refractivity contribution is -0.139. The number of hydrogen-bond donors (Lipinski definition) is 2. The number of hydrogen-bond acceptors (Lipinski definition) is 4. The number of carbonyl (C=O) groups is 2. The van der Waals surface area contributed by atoms with Crippen LogP contribution in [0.4, 0.5) is 4.39 Å². The van der Waals surface area contributed by atoms with E-state index in [9.17, 15) is 14.0 Å². The third-order valence-corrected chi connectivity index (χ3v) is 4.03. The molecule has 7 heteroatoms. The van der Waals surface area contributed by atoms with Crippen LogP contribution < -0.4 is 5.32 Å². The van der Waals surface area contributed by atoms with Gasteiger partial charge in [-0.05, 0) is 23.6 Å². The molecule has 2 rings (SSSR count). The van der Waals surface area contributed by atoms with E-state index in [0.29, 0.717) is 9.58 Å². The Balaban J connectivity index is 2.03. The van der Waals surface area contributed by atoms with E-state index in [1.54, 1.807) is 12.1 Å². The number of methoxy groups -OCH3 is 1. The van der Waals surface area contributed by atoms with Crippen LogP contribution in [0.3, 0.4) is 0 Å². The maximum atomic E-state index is 13.1. The minimum atomic E-state index is -0.992. The molecule has 0 fully saturated rings. The zero-order valence-corrected chi connectivity index (χ0v) is 12.1. The van der Waals surface area contributed by atoms with E-state index >= 15 is 0 Å². The van der Waals surface area contributed by atoms with Gasteiger partial charge < -0.3 is 15.2 Å². The van der Waals surface area contributed by atoms with Crippen LogP contribution in [0.15, 0.2) is 24.3 Å². The molecule has 0 saturated carbocycles. The van der Waals surface area contributed by atoms with Crippen LogP contribution in [0.1, 0.15) is 16.1 Å². The number of carboxylic acid groups (broad SMARTS) is 1. The smallest absolute Gasteiger partial charge is 0.306 e. The van der Waals surface area contributed by atoms with Gasteiger partial charge in [-0.15, -0.1) is 11.3 Å². The van der Waals surface area contributed by atoms with Crippen molar-refractivity contribution in [3.8, 4) is 0 Å². The minimum Gasteiger partial charge on any atom is -0.481 e. The molecular formula is C14H14FNO4S. The lowest BCUT2D eigenvalue weighted by atomic mass is 10.2. The Kier molecular flexibility index (Phi) is 4.87. The van der Waals surface area contributed by atoms with Crippen LogP contribution in [0.5, 0.6) is 0 Å². The highest BCUT2D eigenvalue weighted by molar-refractivity contribution is 7.20. The molecule has 0 radical (unpaired) electrons. The van der Waals surface area contributed by atoms with E-state index in [1.807, 2.05) is 0 Å². The Bertz CT molecular complexity index is 670. The van der Waals surface area contributed by atoms with Gasteiger partial charge in [0.1, 0.15) is 5.82 Å². The molecule has 1 atom stereocenters. The maximum absolute atomic E-state index is 13.1. The molecular weight excluding hydrogens is 297 g/mol. The summed E-state index contributed by atoms with van der Waals surface area (Å²) in [4.78, 5) is 23.1. The van der Waals surface area contributed by atoms with Crippen LogP contribution >= 0.6 is 11.3 Å². The number of benzene rings is 1. The quantitative estimate of drug-likeness (QED) is 0.858. The summed E-state index contributed by atoms with van der Waals surface area (Å²) in [6.45, 7) is 0.101. The SMILES string of the molecule is COC(CNC(=O)c1cc2ccc(F)cc2s1)CC(=O)O. The van der Waals surface area contributed by atoms with Crippen LogP contribution in [0, 0.1) is 5.82 Å². The van der Waals surface area contributed by atoms with Crippen LogP contribution in [-0.2, 0) is 9.53 Å². The van der Waals surface area contributed by atoms with Gasteiger partial charge in [-0.3, -0.25) is 9.59 Å². The van der Waals surface area contributed by atoms with E-state index in [2.05, 4.69) is 5.32 Å². The number of rotatable bonds is 6. The van der Waals surface area contributed by atoms with E-state index in [-0.39, 0.29) is 24.7 Å². The lowest BCUT2D eigenvalue weighted by Gasteiger charge is -2.13. The number of carboxylic acids is 1. The summed E-state index contributed by atoms with van der Waals surface area (Å²) < 4.78 is 18.8. The molecule has 21 heavy (non-hydrogen) atoms. The van der Waals surface area contributed by atoms with Crippen molar-refractivity contribution >= 4 is 33.3 Å². The molecule has 112 valence electrons. The maximum Gasteiger partial charge on any atom is 0.306 e. The Hall–Kier alpha value is -1.99. The first-order chi connectivity index (χ1) is 9.99. The van der Waals surface area contributed by atoms with Gasteiger partial charge in [0.25, 0.3) is 5.91 Å². The fourth-order valence-corrected chi connectivity index (χ4v) is 2.85. The van der Waals surface area contributed by atoms with Crippen molar-refractivity contribution in [2.24, 2.45) is 0 Å². The predicted molar refractivity (Wildman–Crippen MR) is 77.2 cm³/mol. The number of aliphatic carboxylic acids is 1. The number of fused-ring (bicyclic) bond motifs is 1. The van der Waals surface area contributed by atoms with Crippen molar-refractivity contribution in [2.45, 2.75) is 12.5 Å². The second-order valence-corrected chi connectivity index (χ2v) is 5.54. The van der Waals surface area contributed by atoms with Crippen molar-refractivity contribution in [3.05, 3.63) is 35.0 Å². The van der Waals surface area contributed by atoms with Crippen LogP contribution in [-0.4, -0.2) is 36.7 Å². The summed E-state index contributed by atoms with van der Waals surface area (Å²) in [5, 5.41) is 12.1. The number of amides is 1. The Labute approximate surface area is 124 Å². The number of carbonyl (C=O) groups excluding carboxylic acids is 1. The van der Waals surface area contributed by atoms with E-state index in [1.165, 1.54) is 30.6 Å². The standard InChI is InChI=1S/C14H14FNO4S/c1-20-10(6-13(17)18)7-16-14(19)12-4-8-2-3-9(15)5-11(8)21-12/h2-5,10H,6-7H2,1H3,(H,16,19)(H,17,18). The number of ether oxygens (including phenoxy) is 1. The monoisotopic (exact) mass is 311 g/mol. The summed E-state index contributed by atoms with van der Waals surface area (Å²) in [7, 11) is 1.39.